The van der Waals surface area contributed by atoms with Gasteiger partial charge in [-0.1, -0.05) is 18.2 Å². The molecule has 0 aliphatic carbocycles. The maximum Gasteiger partial charge on any atom is 0.312 e. The van der Waals surface area contributed by atoms with Crippen LogP contribution >= 0.6 is 0 Å². The second kappa shape index (κ2) is 7.23. The fourth-order valence-corrected chi connectivity index (χ4v) is 2.99. The van der Waals surface area contributed by atoms with E-state index >= 15 is 0 Å². The third kappa shape index (κ3) is 4.29. The van der Waals surface area contributed by atoms with Gasteiger partial charge in [-0.15, -0.1) is 0 Å². The first kappa shape index (κ1) is 15.5. The van der Waals surface area contributed by atoms with E-state index in [1.807, 2.05) is 36.5 Å². The maximum atomic E-state index is 10.8. The van der Waals surface area contributed by atoms with Crippen LogP contribution in [0.25, 0.3) is 5.69 Å². The number of piperidine rings is 1. The van der Waals surface area contributed by atoms with E-state index in [4.69, 9.17) is 5.73 Å². The first-order valence-corrected chi connectivity index (χ1v) is 7.93. The molecule has 7 heteroatoms. The van der Waals surface area contributed by atoms with Crippen molar-refractivity contribution in [1.29, 1.82) is 0 Å². The summed E-state index contributed by atoms with van der Waals surface area (Å²) in [5.41, 5.74) is 7.06. The summed E-state index contributed by atoms with van der Waals surface area (Å²) in [6.07, 6.45) is 4.06. The number of benzene rings is 1. The van der Waals surface area contributed by atoms with E-state index in [1.165, 1.54) is 0 Å². The lowest BCUT2D eigenvalue weighted by molar-refractivity contribution is 0.164. The lowest BCUT2D eigenvalue weighted by Crippen LogP contribution is -2.41. The summed E-state index contributed by atoms with van der Waals surface area (Å²) < 4.78 is 0. The maximum absolute atomic E-state index is 10.8. The van der Waals surface area contributed by atoms with Crippen LogP contribution in [0.5, 0.6) is 0 Å². The summed E-state index contributed by atoms with van der Waals surface area (Å²) in [7, 11) is 0. The second-order valence-corrected chi connectivity index (χ2v) is 5.95. The van der Waals surface area contributed by atoms with Crippen molar-refractivity contribution in [3.05, 3.63) is 42.2 Å². The minimum absolute atomic E-state index is 0.445. The lowest BCUT2D eigenvalue weighted by atomic mass is 9.98. The number of likely N-dealkylation sites (tertiary alicyclic amines) is 1. The van der Waals surface area contributed by atoms with E-state index in [0.29, 0.717) is 12.5 Å². The van der Waals surface area contributed by atoms with Gasteiger partial charge in [0.25, 0.3) is 0 Å². The Morgan fingerprint density at radius 2 is 2.17 bits per heavy atom. The van der Waals surface area contributed by atoms with Gasteiger partial charge in [0.05, 0.1) is 17.6 Å². The van der Waals surface area contributed by atoms with Gasteiger partial charge in [0, 0.05) is 19.6 Å². The zero-order chi connectivity index (χ0) is 16.1. The highest BCUT2D eigenvalue weighted by Crippen LogP contribution is 2.17. The molecule has 1 atom stereocenters. The van der Waals surface area contributed by atoms with Crippen LogP contribution in [0, 0.1) is 5.92 Å². The monoisotopic (exact) mass is 314 g/mol. The minimum atomic E-state index is -0.451. The molecule has 0 saturated carbocycles. The van der Waals surface area contributed by atoms with Crippen LogP contribution in [0.15, 0.2) is 36.5 Å². The molecule has 3 N–H and O–H groups in total. The van der Waals surface area contributed by atoms with Crippen molar-refractivity contribution in [2.24, 2.45) is 11.7 Å². The fraction of sp³-hybridized carbons (Fsp3) is 0.438. The van der Waals surface area contributed by atoms with Crippen molar-refractivity contribution in [3.63, 3.8) is 0 Å². The smallest absolute Gasteiger partial charge is 0.312 e. The van der Waals surface area contributed by atoms with E-state index in [9.17, 15) is 4.79 Å². The number of hydrogen-bond acceptors (Lipinski definition) is 4. The largest absolute Gasteiger partial charge is 0.352 e. The molecule has 0 bridgehead atoms. The van der Waals surface area contributed by atoms with E-state index in [0.717, 1.165) is 43.9 Å². The van der Waals surface area contributed by atoms with Crippen LogP contribution in [0.4, 0.5) is 4.79 Å². The molecule has 2 heterocycles. The first-order valence-electron chi connectivity index (χ1n) is 7.93. The predicted octanol–water partition coefficient (Wildman–Crippen LogP) is 1.15. The van der Waals surface area contributed by atoms with E-state index in [1.54, 1.807) is 4.80 Å². The standard InChI is InChI=1S/C16H22N6O/c17-16(23)18-9-13-5-4-8-21(11-13)12-14-10-19-22(20-14)15-6-2-1-3-7-15/h1-3,6-7,10,13H,4-5,8-9,11-12H2,(H3,17,18,23)/t13-/m0/s1. The SMILES string of the molecule is NC(=O)NC[C@@H]1CCCN(Cc2cnn(-c3ccccc3)n2)C1. The zero-order valence-corrected chi connectivity index (χ0v) is 13.1. The van der Waals surface area contributed by atoms with Gasteiger partial charge < -0.3 is 11.1 Å². The highest BCUT2D eigenvalue weighted by atomic mass is 16.2. The van der Waals surface area contributed by atoms with Crippen molar-refractivity contribution < 1.29 is 4.79 Å². The summed E-state index contributed by atoms with van der Waals surface area (Å²) in [5, 5.41) is 11.6. The van der Waals surface area contributed by atoms with E-state index in [-0.39, 0.29) is 0 Å². The molecule has 2 amide bonds. The molecule has 122 valence electrons. The van der Waals surface area contributed by atoms with Crippen LogP contribution in [0.2, 0.25) is 0 Å². The number of nitrogens with zero attached hydrogens (tertiary/aromatic N) is 4. The zero-order valence-electron chi connectivity index (χ0n) is 13.1. The Balaban J connectivity index is 1.57. The Morgan fingerprint density at radius 1 is 1.35 bits per heavy atom. The quantitative estimate of drug-likeness (QED) is 0.866. The average Bonchev–Trinajstić information content (AvgIpc) is 3.03. The molecular formula is C16H22N6O. The number of nitrogens with two attached hydrogens (primary N) is 1. The predicted molar refractivity (Wildman–Crippen MR) is 86.9 cm³/mol. The average molecular weight is 314 g/mol. The molecule has 3 rings (SSSR count). The third-order valence-electron chi connectivity index (χ3n) is 4.08. The molecule has 1 aliphatic rings. The van der Waals surface area contributed by atoms with Gasteiger partial charge in [0.15, 0.2) is 0 Å². The van der Waals surface area contributed by atoms with Crippen molar-refractivity contribution in [2.45, 2.75) is 19.4 Å². The van der Waals surface area contributed by atoms with Crippen LogP contribution in [0.3, 0.4) is 0 Å². The number of aromatic nitrogens is 3. The van der Waals surface area contributed by atoms with Crippen molar-refractivity contribution in [3.8, 4) is 5.69 Å². The molecule has 0 radical (unpaired) electrons. The Bertz CT molecular complexity index is 641. The van der Waals surface area contributed by atoms with Crippen LogP contribution in [-0.2, 0) is 6.54 Å². The molecule has 7 nitrogen and oxygen atoms in total. The first-order chi connectivity index (χ1) is 11.2. The number of para-hydroxylation sites is 1. The number of amides is 2. The molecular weight excluding hydrogens is 292 g/mol. The van der Waals surface area contributed by atoms with Crippen molar-refractivity contribution in [1.82, 2.24) is 25.2 Å². The number of carbonyl (C=O) groups excluding carboxylic acids is 1. The lowest BCUT2D eigenvalue weighted by Gasteiger charge is -2.32. The molecule has 1 aliphatic heterocycles. The summed E-state index contributed by atoms with van der Waals surface area (Å²) in [6.45, 7) is 3.41. The van der Waals surface area contributed by atoms with Crippen LogP contribution < -0.4 is 11.1 Å². The van der Waals surface area contributed by atoms with E-state index in [2.05, 4.69) is 20.4 Å². The van der Waals surface area contributed by atoms with E-state index < -0.39 is 6.03 Å². The Hall–Kier alpha value is -2.41. The van der Waals surface area contributed by atoms with Gasteiger partial charge in [-0.2, -0.15) is 15.0 Å². The van der Waals surface area contributed by atoms with Gasteiger partial charge in [-0.25, -0.2) is 4.79 Å². The Morgan fingerprint density at radius 3 is 2.96 bits per heavy atom. The summed E-state index contributed by atoms with van der Waals surface area (Å²) in [5.74, 6) is 0.445. The van der Waals surface area contributed by atoms with Crippen molar-refractivity contribution in [2.75, 3.05) is 19.6 Å². The number of hydrogen-bond donors (Lipinski definition) is 2. The summed E-state index contributed by atoms with van der Waals surface area (Å²) in [6, 6.07) is 9.43. The molecule has 2 aromatic rings. The summed E-state index contributed by atoms with van der Waals surface area (Å²) in [4.78, 5) is 14.8. The molecule has 1 fully saturated rings. The molecule has 23 heavy (non-hydrogen) atoms. The molecule has 0 unspecified atom stereocenters. The minimum Gasteiger partial charge on any atom is -0.352 e. The Kier molecular flexibility index (Phi) is 4.87. The third-order valence-corrected chi connectivity index (χ3v) is 4.08. The molecule has 0 spiro atoms. The number of urea groups is 1. The summed E-state index contributed by atoms with van der Waals surface area (Å²) >= 11 is 0. The second-order valence-electron chi connectivity index (χ2n) is 5.95. The molecule has 1 saturated heterocycles. The molecule has 1 aromatic heterocycles. The highest BCUT2D eigenvalue weighted by Gasteiger charge is 2.21. The number of nitrogens with one attached hydrogen (secondary N) is 1. The van der Waals surface area contributed by atoms with Crippen LogP contribution in [0.1, 0.15) is 18.5 Å². The Labute approximate surface area is 135 Å². The van der Waals surface area contributed by atoms with Gasteiger partial charge in [-0.3, -0.25) is 4.90 Å². The fourth-order valence-electron chi connectivity index (χ4n) is 2.99. The molecule has 1 aromatic carbocycles. The van der Waals surface area contributed by atoms with Gasteiger partial charge in [-0.05, 0) is 37.4 Å². The topological polar surface area (TPSA) is 89.1 Å². The van der Waals surface area contributed by atoms with Crippen molar-refractivity contribution >= 4 is 6.03 Å². The number of carbonyl (C=O) groups is 1. The van der Waals surface area contributed by atoms with Gasteiger partial charge >= 0.3 is 6.03 Å². The van der Waals surface area contributed by atoms with Gasteiger partial charge in [0.1, 0.15) is 0 Å². The number of primary amides is 1. The van der Waals surface area contributed by atoms with Crippen LogP contribution in [-0.4, -0.2) is 45.6 Å². The normalized spacial score (nSPS) is 18.7. The highest BCUT2D eigenvalue weighted by molar-refractivity contribution is 5.71. The number of rotatable bonds is 5. The van der Waals surface area contributed by atoms with Gasteiger partial charge in [0.2, 0.25) is 0 Å².